The summed E-state index contributed by atoms with van der Waals surface area (Å²) in [5.74, 6) is 0.837. The van der Waals surface area contributed by atoms with Crippen molar-refractivity contribution in [1.82, 2.24) is 0 Å². The van der Waals surface area contributed by atoms with Gasteiger partial charge in [-0.2, -0.15) is 0 Å². The molecule has 0 fully saturated rings. The van der Waals surface area contributed by atoms with Crippen molar-refractivity contribution < 1.29 is 14.3 Å². The Labute approximate surface area is 105 Å². The van der Waals surface area contributed by atoms with Gasteiger partial charge in [-0.25, -0.2) is 0 Å². The van der Waals surface area contributed by atoms with Gasteiger partial charge in [-0.1, -0.05) is 27.7 Å². The zero-order valence-electron chi connectivity index (χ0n) is 11.6. The molecule has 17 heavy (non-hydrogen) atoms. The predicted molar refractivity (Wildman–Crippen MR) is 69.0 cm³/mol. The second-order valence-corrected chi connectivity index (χ2v) is 5.06. The molecule has 0 bridgehead atoms. The molecular formula is C14H26O3. The second kappa shape index (κ2) is 9.34. The Morgan fingerprint density at radius 1 is 0.824 bits per heavy atom. The topological polar surface area (TPSA) is 43.4 Å². The summed E-state index contributed by atoms with van der Waals surface area (Å²) < 4.78 is 5.39. The van der Waals surface area contributed by atoms with Crippen LogP contribution in [0.5, 0.6) is 0 Å². The summed E-state index contributed by atoms with van der Waals surface area (Å²) in [4.78, 5) is 22.6. The van der Waals surface area contributed by atoms with Crippen molar-refractivity contribution in [3.63, 3.8) is 0 Å². The average Bonchev–Trinajstić information content (AvgIpc) is 2.26. The van der Waals surface area contributed by atoms with E-state index in [0.29, 0.717) is 37.6 Å². The molecule has 3 nitrogen and oxygen atoms in total. The average molecular weight is 242 g/mol. The maximum Gasteiger partial charge on any atom is 0.135 e. The van der Waals surface area contributed by atoms with Crippen molar-refractivity contribution >= 4 is 11.6 Å². The summed E-state index contributed by atoms with van der Waals surface area (Å²) >= 11 is 0. The van der Waals surface area contributed by atoms with Crippen LogP contribution in [0.4, 0.5) is 0 Å². The lowest BCUT2D eigenvalue weighted by Crippen LogP contribution is -2.10. The van der Waals surface area contributed by atoms with Crippen LogP contribution in [0, 0.1) is 11.8 Å². The van der Waals surface area contributed by atoms with Gasteiger partial charge < -0.3 is 4.74 Å². The Hall–Kier alpha value is -0.700. The highest BCUT2D eigenvalue weighted by atomic mass is 16.5. The smallest absolute Gasteiger partial charge is 0.135 e. The van der Waals surface area contributed by atoms with E-state index in [9.17, 15) is 9.59 Å². The van der Waals surface area contributed by atoms with Crippen LogP contribution in [0.3, 0.4) is 0 Å². The van der Waals surface area contributed by atoms with Crippen LogP contribution in [0.1, 0.15) is 53.4 Å². The molecule has 0 saturated heterocycles. The normalized spacial score (nSPS) is 11.2. The standard InChI is InChI=1S/C14H26O3/c1-11(2)13(15)7-5-9-17-10-6-8-14(16)12(3)4/h11-12H,5-10H2,1-4H3. The molecule has 0 unspecified atom stereocenters. The molecule has 0 aliphatic carbocycles. The first-order valence-corrected chi connectivity index (χ1v) is 6.58. The summed E-state index contributed by atoms with van der Waals surface area (Å²) in [6.07, 6.45) is 2.77. The first-order chi connectivity index (χ1) is 7.95. The van der Waals surface area contributed by atoms with Gasteiger partial charge in [0.2, 0.25) is 0 Å². The molecule has 0 atom stereocenters. The van der Waals surface area contributed by atoms with E-state index in [2.05, 4.69) is 0 Å². The van der Waals surface area contributed by atoms with E-state index in [-0.39, 0.29) is 11.8 Å². The van der Waals surface area contributed by atoms with Crippen LogP contribution < -0.4 is 0 Å². The van der Waals surface area contributed by atoms with E-state index in [1.54, 1.807) is 0 Å². The third kappa shape index (κ3) is 9.04. The molecule has 0 rings (SSSR count). The highest BCUT2D eigenvalue weighted by Gasteiger charge is 2.07. The molecular weight excluding hydrogens is 216 g/mol. The Kier molecular flexibility index (Phi) is 8.96. The Balaban J connectivity index is 3.30. The lowest BCUT2D eigenvalue weighted by molar-refractivity contribution is -0.122. The first-order valence-electron chi connectivity index (χ1n) is 6.58. The van der Waals surface area contributed by atoms with Gasteiger partial charge in [-0.15, -0.1) is 0 Å². The van der Waals surface area contributed by atoms with E-state index in [0.717, 1.165) is 12.8 Å². The largest absolute Gasteiger partial charge is 0.381 e. The van der Waals surface area contributed by atoms with Crippen molar-refractivity contribution in [2.24, 2.45) is 11.8 Å². The number of carbonyl (C=O) groups excluding carboxylic acids is 2. The number of ether oxygens (including phenoxy) is 1. The van der Waals surface area contributed by atoms with Gasteiger partial charge >= 0.3 is 0 Å². The third-order valence-corrected chi connectivity index (χ3v) is 2.71. The Morgan fingerprint density at radius 2 is 1.18 bits per heavy atom. The highest BCUT2D eigenvalue weighted by molar-refractivity contribution is 5.80. The van der Waals surface area contributed by atoms with Gasteiger partial charge in [-0.05, 0) is 12.8 Å². The molecule has 0 aromatic heterocycles. The molecule has 0 N–H and O–H groups in total. The van der Waals surface area contributed by atoms with Crippen LogP contribution in [0.15, 0.2) is 0 Å². The molecule has 0 radical (unpaired) electrons. The molecule has 0 aromatic carbocycles. The Morgan fingerprint density at radius 3 is 1.47 bits per heavy atom. The second-order valence-electron chi connectivity index (χ2n) is 5.06. The minimum atomic E-state index is 0.124. The number of carbonyl (C=O) groups is 2. The molecule has 0 aliphatic heterocycles. The molecule has 0 heterocycles. The first kappa shape index (κ1) is 16.3. The molecule has 100 valence electrons. The molecule has 3 heteroatoms. The predicted octanol–water partition coefficient (Wildman–Crippen LogP) is 3.01. The molecule has 0 spiro atoms. The SMILES string of the molecule is CC(C)C(=O)CCCOCCCC(=O)C(C)C. The number of rotatable bonds is 10. The van der Waals surface area contributed by atoms with Crippen LogP contribution in [0.2, 0.25) is 0 Å². The van der Waals surface area contributed by atoms with Gasteiger partial charge in [0.05, 0.1) is 0 Å². The fraction of sp³-hybridized carbons (Fsp3) is 0.857. The van der Waals surface area contributed by atoms with Crippen LogP contribution >= 0.6 is 0 Å². The van der Waals surface area contributed by atoms with Crippen molar-refractivity contribution in [2.45, 2.75) is 53.4 Å². The van der Waals surface area contributed by atoms with Gasteiger partial charge in [0, 0.05) is 37.9 Å². The van der Waals surface area contributed by atoms with Crippen LogP contribution in [-0.4, -0.2) is 24.8 Å². The van der Waals surface area contributed by atoms with Crippen molar-refractivity contribution in [3.05, 3.63) is 0 Å². The fourth-order valence-corrected chi connectivity index (χ4v) is 1.38. The number of Topliss-reactive ketones (excluding diaryl/α,β-unsaturated/α-hetero) is 2. The minimum absolute atomic E-state index is 0.124. The minimum Gasteiger partial charge on any atom is -0.381 e. The van der Waals surface area contributed by atoms with Gasteiger partial charge in [0.15, 0.2) is 0 Å². The summed E-state index contributed by atoms with van der Waals surface area (Å²) in [6, 6.07) is 0. The van der Waals surface area contributed by atoms with Gasteiger partial charge in [0.25, 0.3) is 0 Å². The quantitative estimate of drug-likeness (QED) is 0.553. The molecule has 0 amide bonds. The lowest BCUT2D eigenvalue weighted by Gasteiger charge is -2.06. The fourth-order valence-electron chi connectivity index (χ4n) is 1.38. The van der Waals surface area contributed by atoms with Gasteiger partial charge in [0.1, 0.15) is 11.6 Å². The van der Waals surface area contributed by atoms with Crippen LogP contribution in [0.25, 0.3) is 0 Å². The zero-order valence-corrected chi connectivity index (χ0v) is 11.6. The third-order valence-electron chi connectivity index (χ3n) is 2.71. The van der Waals surface area contributed by atoms with Crippen molar-refractivity contribution in [3.8, 4) is 0 Å². The van der Waals surface area contributed by atoms with E-state index >= 15 is 0 Å². The van der Waals surface area contributed by atoms with E-state index in [1.165, 1.54) is 0 Å². The number of hydrogen-bond acceptors (Lipinski definition) is 3. The summed E-state index contributed by atoms with van der Waals surface area (Å²) in [7, 11) is 0. The monoisotopic (exact) mass is 242 g/mol. The molecule has 0 aliphatic rings. The van der Waals surface area contributed by atoms with Crippen molar-refractivity contribution in [2.75, 3.05) is 13.2 Å². The van der Waals surface area contributed by atoms with E-state index in [1.807, 2.05) is 27.7 Å². The lowest BCUT2D eigenvalue weighted by atomic mass is 10.0. The molecule has 0 aromatic rings. The highest BCUT2D eigenvalue weighted by Crippen LogP contribution is 2.04. The van der Waals surface area contributed by atoms with E-state index < -0.39 is 0 Å². The number of hydrogen-bond donors (Lipinski definition) is 0. The molecule has 0 saturated carbocycles. The van der Waals surface area contributed by atoms with Gasteiger partial charge in [-0.3, -0.25) is 9.59 Å². The van der Waals surface area contributed by atoms with Crippen LogP contribution in [-0.2, 0) is 14.3 Å². The number of ketones is 2. The van der Waals surface area contributed by atoms with E-state index in [4.69, 9.17) is 4.74 Å². The zero-order chi connectivity index (χ0) is 13.3. The Bertz CT molecular complexity index is 208. The summed E-state index contributed by atoms with van der Waals surface area (Å²) in [6.45, 7) is 8.91. The van der Waals surface area contributed by atoms with Crippen molar-refractivity contribution in [1.29, 1.82) is 0 Å². The summed E-state index contributed by atoms with van der Waals surface area (Å²) in [5.41, 5.74) is 0. The maximum atomic E-state index is 11.3. The maximum absolute atomic E-state index is 11.3. The summed E-state index contributed by atoms with van der Waals surface area (Å²) in [5, 5.41) is 0.